The number of pyridine rings is 1. The average molecular weight is 574 g/mol. The molecule has 1 aliphatic rings. The van der Waals surface area contributed by atoms with Gasteiger partial charge in [-0.2, -0.15) is 0 Å². The van der Waals surface area contributed by atoms with Crippen LogP contribution in [0.3, 0.4) is 0 Å². The van der Waals surface area contributed by atoms with Gasteiger partial charge in [-0.05, 0) is 86.6 Å². The Morgan fingerprint density at radius 1 is 1.12 bits per heavy atom. The van der Waals surface area contributed by atoms with Crippen LogP contribution in [-0.2, 0) is 4.79 Å². The van der Waals surface area contributed by atoms with Crippen LogP contribution < -0.4 is 20.3 Å². The van der Waals surface area contributed by atoms with Gasteiger partial charge in [0.25, 0.3) is 0 Å². The molecule has 3 heterocycles. The number of nitrogens with one attached hydrogen (secondary N) is 2. The number of halogens is 1. The Bertz CT molecular complexity index is 1590. The Hall–Kier alpha value is -3.88. The van der Waals surface area contributed by atoms with Gasteiger partial charge in [-0.15, -0.1) is 0 Å². The van der Waals surface area contributed by atoms with E-state index in [0.29, 0.717) is 28.0 Å². The summed E-state index contributed by atoms with van der Waals surface area (Å²) in [7, 11) is 1.59. The second kappa shape index (κ2) is 11.3. The van der Waals surface area contributed by atoms with E-state index in [1.807, 2.05) is 61.5 Å². The number of aryl methyl sites for hydroxylation is 2. The zero-order valence-corrected chi connectivity index (χ0v) is 24.7. The molecule has 0 saturated carbocycles. The third-order valence-corrected chi connectivity index (χ3v) is 7.91. The molecule has 9 heteroatoms. The number of methoxy groups -OCH3 is 1. The summed E-state index contributed by atoms with van der Waals surface area (Å²) >= 11 is 12.4. The van der Waals surface area contributed by atoms with Crippen LogP contribution in [0.4, 0.5) is 11.4 Å². The predicted octanol–water partition coefficient (Wildman–Crippen LogP) is 6.99. The van der Waals surface area contributed by atoms with Crippen molar-refractivity contribution in [3.05, 3.63) is 100 Å². The summed E-state index contributed by atoms with van der Waals surface area (Å²) in [5.41, 5.74) is 7.81. The molecule has 1 saturated heterocycles. The van der Waals surface area contributed by atoms with Gasteiger partial charge in [0.1, 0.15) is 5.75 Å². The summed E-state index contributed by atoms with van der Waals surface area (Å²) in [4.78, 5) is 18.9. The topological polar surface area (TPSA) is 71.4 Å². The Morgan fingerprint density at radius 2 is 1.93 bits per heavy atom. The molecule has 2 atom stereocenters. The molecule has 0 bridgehead atoms. The number of thiocarbonyl (C=S) groups is 1. The molecule has 0 radical (unpaired) electrons. The van der Waals surface area contributed by atoms with Crippen LogP contribution in [0.15, 0.2) is 66.9 Å². The molecule has 4 aromatic rings. The fraction of sp³-hybridized carbons (Fsp3) is 0.258. The summed E-state index contributed by atoms with van der Waals surface area (Å²) in [6.45, 7) is 8.13. The van der Waals surface area contributed by atoms with Crippen molar-refractivity contribution in [2.24, 2.45) is 0 Å². The fourth-order valence-electron chi connectivity index (χ4n) is 5.40. The Balaban J connectivity index is 1.66. The number of carbonyl (C=O) groups is 1. The zero-order chi connectivity index (χ0) is 28.6. The number of aromatic nitrogens is 2. The third kappa shape index (κ3) is 5.05. The maximum atomic E-state index is 12.1. The quantitative estimate of drug-likeness (QED) is 0.232. The van der Waals surface area contributed by atoms with Crippen molar-refractivity contribution >= 4 is 46.2 Å². The summed E-state index contributed by atoms with van der Waals surface area (Å²) < 4.78 is 7.92. The maximum absolute atomic E-state index is 12.1. The van der Waals surface area contributed by atoms with Crippen LogP contribution in [0, 0.1) is 20.8 Å². The van der Waals surface area contributed by atoms with Crippen LogP contribution in [0.25, 0.3) is 5.69 Å². The first-order chi connectivity index (χ1) is 19.2. The van der Waals surface area contributed by atoms with Crippen molar-refractivity contribution < 1.29 is 9.53 Å². The standard InChI is InChI=1S/C31H32ClN5O2S/c1-6-28(38)34-24-13-12-22(17-27(24)39-5)37-30(29(35-31(37)40)25-9-7-8-14-33-25)23-15-19(3)36(20(23)4)26-16-21(32)11-10-18(26)2/h7-17,29-30H,6H2,1-5H3,(H,34,38)(H,35,40). The van der Waals surface area contributed by atoms with Crippen molar-refractivity contribution in [2.75, 3.05) is 17.3 Å². The molecule has 1 amide bonds. The van der Waals surface area contributed by atoms with Crippen LogP contribution in [0.5, 0.6) is 5.75 Å². The van der Waals surface area contributed by atoms with E-state index in [1.165, 1.54) is 0 Å². The minimum Gasteiger partial charge on any atom is -0.494 e. The van der Waals surface area contributed by atoms with Gasteiger partial charge >= 0.3 is 0 Å². The number of hydrogen-bond donors (Lipinski definition) is 2. The van der Waals surface area contributed by atoms with Crippen molar-refractivity contribution in [1.82, 2.24) is 14.9 Å². The van der Waals surface area contributed by atoms with Gasteiger partial charge in [-0.3, -0.25) is 9.78 Å². The van der Waals surface area contributed by atoms with E-state index in [9.17, 15) is 4.79 Å². The molecule has 206 valence electrons. The van der Waals surface area contributed by atoms with Crippen LogP contribution in [0.2, 0.25) is 5.02 Å². The minimum atomic E-state index is -0.206. The highest BCUT2D eigenvalue weighted by Crippen LogP contribution is 2.45. The fourth-order valence-corrected chi connectivity index (χ4v) is 5.91. The number of carbonyl (C=O) groups excluding carboxylic acids is 1. The number of anilines is 2. The molecule has 1 fully saturated rings. The highest BCUT2D eigenvalue weighted by Gasteiger charge is 2.42. The second-order valence-corrected chi connectivity index (χ2v) is 10.7. The maximum Gasteiger partial charge on any atom is 0.224 e. The van der Waals surface area contributed by atoms with Gasteiger partial charge in [0.15, 0.2) is 5.11 Å². The highest BCUT2D eigenvalue weighted by molar-refractivity contribution is 7.80. The molecule has 2 aromatic carbocycles. The molecule has 5 rings (SSSR count). The summed E-state index contributed by atoms with van der Waals surface area (Å²) in [5.74, 6) is 0.475. The number of amides is 1. The first-order valence-corrected chi connectivity index (χ1v) is 14.0. The number of nitrogens with zero attached hydrogens (tertiary/aromatic N) is 3. The van der Waals surface area contributed by atoms with Gasteiger partial charge < -0.3 is 24.8 Å². The van der Waals surface area contributed by atoms with E-state index >= 15 is 0 Å². The Labute approximate surface area is 245 Å². The summed E-state index contributed by atoms with van der Waals surface area (Å²) in [6.07, 6.45) is 2.17. The second-order valence-electron chi connectivity index (χ2n) is 9.88. The number of rotatable bonds is 7. The number of ether oxygens (including phenoxy) is 1. The predicted molar refractivity (Wildman–Crippen MR) is 165 cm³/mol. The smallest absolute Gasteiger partial charge is 0.224 e. The van der Waals surface area contributed by atoms with E-state index in [-0.39, 0.29) is 18.0 Å². The molecule has 2 unspecified atom stereocenters. The highest BCUT2D eigenvalue weighted by atomic mass is 35.5. The van der Waals surface area contributed by atoms with Gasteiger partial charge in [-0.1, -0.05) is 30.7 Å². The van der Waals surface area contributed by atoms with E-state index in [0.717, 1.165) is 39.6 Å². The normalized spacial score (nSPS) is 16.6. The SMILES string of the molecule is CCC(=O)Nc1ccc(N2C(=S)NC(c3ccccn3)C2c2cc(C)n(-c3cc(Cl)ccc3C)c2C)cc1OC. The van der Waals surface area contributed by atoms with E-state index in [4.69, 9.17) is 28.6 Å². The molecule has 2 aromatic heterocycles. The number of hydrogen-bond acceptors (Lipinski definition) is 4. The Kier molecular flexibility index (Phi) is 7.83. The first kappa shape index (κ1) is 27.7. The first-order valence-electron chi connectivity index (χ1n) is 13.2. The van der Waals surface area contributed by atoms with Gasteiger partial charge in [0, 0.05) is 46.5 Å². The molecule has 1 aliphatic heterocycles. The van der Waals surface area contributed by atoms with Gasteiger partial charge in [0.2, 0.25) is 5.91 Å². The molecule has 40 heavy (non-hydrogen) atoms. The van der Waals surface area contributed by atoms with Gasteiger partial charge in [-0.25, -0.2) is 0 Å². The van der Waals surface area contributed by atoms with Crippen molar-refractivity contribution in [2.45, 2.75) is 46.2 Å². The zero-order valence-electron chi connectivity index (χ0n) is 23.2. The monoisotopic (exact) mass is 573 g/mol. The van der Waals surface area contributed by atoms with Crippen molar-refractivity contribution in [3.8, 4) is 11.4 Å². The summed E-state index contributed by atoms with van der Waals surface area (Å²) in [5, 5.41) is 7.71. The van der Waals surface area contributed by atoms with E-state index in [2.05, 4.69) is 51.9 Å². The van der Waals surface area contributed by atoms with Crippen LogP contribution in [-0.4, -0.2) is 27.7 Å². The molecular formula is C31H32ClN5O2S. The average Bonchev–Trinajstić information content (AvgIpc) is 3.45. The van der Waals surface area contributed by atoms with Crippen molar-refractivity contribution in [3.63, 3.8) is 0 Å². The molecule has 2 N–H and O–H groups in total. The number of benzene rings is 2. The van der Waals surface area contributed by atoms with Crippen LogP contribution in [0.1, 0.15) is 53.6 Å². The third-order valence-electron chi connectivity index (χ3n) is 7.36. The summed E-state index contributed by atoms with van der Waals surface area (Å²) in [6, 6.07) is 19.4. The largest absolute Gasteiger partial charge is 0.494 e. The van der Waals surface area contributed by atoms with Gasteiger partial charge in [0.05, 0.1) is 30.6 Å². The minimum absolute atomic E-state index is 0.0822. The molecule has 0 aliphatic carbocycles. The molecular weight excluding hydrogens is 542 g/mol. The van der Waals surface area contributed by atoms with E-state index in [1.54, 1.807) is 13.3 Å². The lowest BCUT2D eigenvalue weighted by atomic mass is 9.96. The molecule has 7 nitrogen and oxygen atoms in total. The van der Waals surface area contributed by atoms with E-state index < -0.39 is 0 Å². The lowest BCUT2D eigenvalue weighted by Crippen LogP contribution is -2.29. The van der Waals surface area contributed by atoms with Crippen molar-refractivity contribution in [1.29, 1.82) is 0 Å². The van der Waals surface area contributed by atoms with Crippen LogP contribution >= 0.6 is 23.8 Å². The molecule has 0 spiro atoms. The lowest BCUT2D eigenvalue weighted by molar-refractivity contribution is -0.115. The Morgan fingerprint density at radius 3 is 2.62 bits per heavy atom. The lowest BCUT2D eigenvalue weighted by Gasteiger charge is -2.29.